The summed E-state index contributed by atoms with van der Waals surface area (Å²) in [6, 6.07) is 53.2. The average Bonchev–Trinajstić information content (AvgIpc) is 3.51. The maximum absolute atomic E-state index is 6.59. The van der Waals surface area contributed by atoms with E-state index < -0.39 is 0 Å². The minimum atomic E-state index is 0.514. The lowest BCUT2D eigenvalue weighted by atomic mass is 9.82. The molecule has 0 radical (unpaired) electrons. The van der Waals surface area contributed by atoms with Gasteiger partial charge in [-0.2, -0.15) is 0 Å². The minimum absolute atomic E-state index is 0.514. The topological polar surface area (TPSA) is 13.1 Å². The second-order valence-electron chi connectivity index (χ2n) is 13.2. The minimum Gasteiger partial charge on any atom is -0.456 e. The molecule has 1 atom stereocenters. The van der Waals surface area contributed by atoms with Gasteiger partial charge in [0.25, 0.3) is 0 Å². The molecule has 9 aromatic rings. The molecule has 0 amide bonds. The van der Waals surface area contributed by atoms with Gasteiger partial charge in [0, 0.05) is 10.8 Å². The summed E-state index contributed by atoms with van der Waals surface area (Å²) in [6.07, 6.45) is 5.70. The van der Waals surface area contributed by atoms with Crippen molar-refractivity contribution in [3.63, 3.8) is 0 Å². The van der Waals surface area contributed by atoms with Crippen LogP contribution in [-0.4, -0.2) is 0 Å². The van der Waals surface area contributed by atoms with E-state index in [9.17, 15) is 0 Å². The van der Waals surface area contributed by atoms with Crippen LogP contribution in [0.1, 0.15) is 30.4 Å². The van der Waals surface area contributed by atoms with Crippen molar-refractivity contribution >= 4 is 60.3 Å². The number of allylic oxidation sites excluding steroid dienone is 1. The Bertz CT molecular complexity index is 2700. The third kappa shape index (κ3) is 4.04. The molecule has 1 nitrogen and oxygen atoms in total. The number of hydrogen-bond donors (Lipinski definition) is 0. The summed E-state index contributed by atoms with van der Waals surface area (Å²) in [6.45, 7) is 2.34. The van der Waals surface area contributed by atoms with E-state index in [4.69, 9.17) is 4.42 Å². The molecule has 1 aliphatic carbocycles. The molecule has 1 heterocycles. The summed E-state index contributed by atoms with van der Waals surface area (Å²) in [5.74, 6) is 0.514. The molecule has 0 saturated heterocycles. The van der Waals surface area contributed by atoms with Crippen molar-refractivity contribution in [1.29, 1.82) is 0 Å². The third-order valence-electron chi connectivity index (χ3n) is 10.5. The smallest absolute Gasteiger partial charge is 0.136 e. The molecule has 1 unspecified atom stereocenters. The number of benzene rings is 8. The Labute approximate surface area is 279 Å². The second-order valence-corrected chi connectivity index (χ2v) is 13.2. The molecule has 0 spiro atoms. The summed E-state index contributed by atoms with van der Waals surface area (Å²) in [4.78, 5) is 0. The van der Waals surface area contributed by atoms with Gasteiger partial charge in [-0.25, -0.2) is 0 Å². The summed E-state index contributed by atoms with van der Waals surface area (Å²) in [7, 11) is 0. The fourth-order valence-electron chi connectivity index (χ4n) is 8.32. The molecule has 48 heavy (non-hydrogen) atoms. The van der Waals surface area contributed by atoms with Gasteiger partial charge < -0.3 is 4.42 Å². The highest BCUT2D eigenvalue weighted by molar-refractivity contribution is 6.22. The van der Waals surface area contributed by atoms with Gasteiger partial charge in [0.05, 0.1) is 0 Å². The quantitative estimate of drug-likeness (QED) is 0.181. The number of fused-ring (bicyclic) bond motifs is 8. The van der Waals surface area contributed by atoms with E-state index in [0.717, 1.165) is 28.4 Å². The van der Waals surface area contributed by atoms with Gasteiger partial charge >= 0.3 is 0 Å². The van der Waals surface area contributed by atoms with Crippen LogP contribution in [0.15, 0.2) is 156 Å². The van der Waals surface area contributed by atoms with Crippen LogP contribution in [0.25, 0.3) is 93.7 Å². The van der Waals surface area contributed by atoms with E-state index in [-0.39, 0.29) is 0 Å². The molecule has 0 aliphatic heterocycles. The van der Waals surface area contributed by atoms with Crippen LogP contribution < -0.4 is 0 Å². The Morgan fingerprint density at radius 2 is 1.06 bits per heavy atom. The van der Waals surface area contributed by atoms with E-state index in [0.29, 0.717) is 5.92 Å². The predicted molar refractivity (Wildman–Crippen MR) is 205 cm³/mol. The van der Waals surface area contributed by atoms with E-state index in [1.807, 2.05) is 0 Å². The van der Waals surface area contributed by atoms with Crippen molar-refractivity contribution in [3.8, 4) is 33.4 Å². The van der Waals surface area contributed by atoms with Gasteiger partial charge in [-0.05, 0) is 119 Å². The molecule has 0 saturated carbocycles. The number of hydrogen-bond acceptors (Lipinski definition) is 1. The first-order valence-electron chi connectivity index (χ1n) is 16.9. The Morgan fingerprint density at radius 3 is 1.77 bits per heavy atom. The van der Waals surface area contributed by atoms with Crippen molar-refractivity contribution < 1.29 is 4.42 Å². The maximum atomic E-state index is 6.59. The van der Waals surface area contributed by atoms with Crippen LogP contribution in [0.5, 0.6) is 0 Å². The zero-order valence-electron chi connectivity index (χ0n) is 26.7. The molecule has 226 valence electrons. The second kappa shape index (κ2) is 10.6. The van der Waals surface area contributed by atoms with Gasteiger partial charge in [0.15, 0.2) is 0 Å². The zero-order chi connectivity index (χ0) is 31.8. The van der Waals surface area contributed by atoms with Crippen molar-refractivity contribution in [2.45, 2.75) is 19.3 Å². The average molecular weight is 613 g/mol. The Hall–Kier alpha value is -5.92. The Kier molecular flexibility index (Phi) is 5.98. The van der Waals surface area contributed by atoms with E-state index in [1.54, 1.807) is 0 Å². The zero-order valence-corrected chi connectivity index (χ0v) is 26.7. The third-order valence-corrected chi connectivity index (χ3v) is 10.5. The summed E-state index contributed by atoms with van der Waals surface area (Å²) < 4.78 is 6.59. The molecular formula is C47H32O. The Morgan fingerprint density at radius 1 is 0.458 bits per heavy atom. The van der Waals surface area contributed by atoms with E-state index in [1.165, 1.54) is 76.8 Å². The largest absolute Gasteiger partial charge is 0.456 e. The first kappa shape index (κ1) is 27.2. The lowest BCUT2D eigenvalue weighted by Crippen LogP contribution is -2.02. The fourth-order valence-corrected chi connectivity index (χ4v) is 8.32. The van der Waals surface area contributed by atoms with Gasteiger partial charge in [-0.3, -0.25) is 0 Å². The molecule has 0 N–H and O–H groups in total. The fraction of sp³-hybridized carbons (Fsp3) is 0.0638. The highest BCUT2D eigenvalue weighted by atomic mass is 16.3. The molecule has 0 fully saturated rings. The first-order chi connectivity index (χ1) is 23.7. The van der Waals surface area contributed by atoms with Crippen molar-refractivity contribution in [1.82, 2.24) is 0 Å². The number of furan rings is 1. The van der Waals surface area contributed by atoms with Crippen LogP contribution in [0.4, 0.5) is 0 Å². The molecular weight excluding hydrogens is 581 g/mol. The summed E-state index contributed by atoms with van der Waals surface area (Å²) in [5, 5.41) is 9.98. The SMILES string of the molecule is CC1CC=Cc2cc(-c3ccc4c(c3)oc3ccc(-c5c6ccccc6c(-c6ccccc6)c6ccccc56)cc34)c3ccccc3c21. The molecule has 1 heteroatoms. The molecule has 8 aromatic carbocycles. The van der Waals surface area contributed by atoms with Gasteiger partial charge in [0.1, 0.15) is 11.2 Å². The van der Waals surface area contributed by atoms with Crippen LogP contribution in [0, 0.1) is 0 Å². The van der Waals surface area contributed by atoms with Crippen molar-refractivity contribution in [2.24, 2.45) is 0 Å². The molecule has 10 rings (SSSR count). The van der Waals surface area contributed by atoms with E-state index >= 15 is 0 Å². The summed E-state index contributed by atoms with van der Waals surface area (Å²) >= 11 is 0. The summed E-state index contributed by atoms with van der Waals surface area (Å²) in [5.41, 5.74) is 12.0. The highest BCUT2D eigenvalue weighted by Gasteiger charge is 2.20. The predicted octanol–water partition coefficient (Wildman–Crippen LogP) is 13.6. The monoisotopic (exact) mass is 612 g/mol. The Balaban J connectivity index is 1.18. The molecule has 1 aromatic heterocycles. The van der Waals surface area contributed by atoms with Crippen LogP contribution in [0.3, 0.4) is 0 Å². The standard InChI is InChI=1S/C47H32O/c1-29-12-11-15-32-26-41(34-16-5-6-17-36(34)45(29)32)31-22-24-35-42-27-33(23-25-43(42)48-44(35)28-31)47-39-20-9-7-18-37(39)46(30-13-3-2-4-14-30)38-19-8-10-21-40(38)47/h2-11,13-29H,12H2,1H3. The van der Waals surface area contributed by atoms with Crippen LogP contribution in [-0.2, 0) is 0 Å². The van der Waals surface area contributed by atoms with Gasteiger partial charge in [-0.1, -0.05) is 134 Å². The van der Waals surface area contributed by atoms with Gasteiger partial charge in [-0.15, -0.1) is 0 Å². The highest BCUT2D eigenvalue weighted by Crippen LogP contribution is 2.46. The lowest BCUT2D eigenvalue weighted by Gasteiger charge is -2.22. The number of rotatable bonds is 3. The van der Waals surface area contributed by atoms with Crippen molar-refractivity contribution in [2.75, 3.05) is 0 Å². The van der Waals surface area contributed by atoms with Crippen LogP contribution >= 0.6 is 0 Å². The van der Waals surface area contributed by atoms with E-state index in [2.05, 4.69) is 165 Å². The first-order valence-corrected chi connectivity index (χ1v) is 16.9. The van der Waals surface area contributed by atoms with Crippen molar-refractivity contribution in [3.05, 3.63) is 163 Å². The lowest BCUT2D eigenvalue weighted by molar-refractivity contribution is 0.669. The molecule has 1 aliphatic rings. The normalized spacial score (nSPS) is 14.4. The molecule has 0 bridgehead atoms. The maximum Gasteiger partial charge on any atom is 0.136 e. The van der Waals surface area contributed by atoms with Crippen LogP contribution in [0.2, 0.25) is 0 Å². The van der Waals surface area contributed by atoms with Gasteiger partial charge in [0.2, 0.25) is 0 Å².